The monoisotopic (exact) mass is 612 g/mol. The Morgan fingerprint density at radius 2 is 0.167 bits per heavy atom. The van der Waals surface area contributed by atoms with Crippen LogP contribution >= 0.6 is 0 Å². The summed E-state index contributed by atoms with van der Waals surface area (Å²) in [6.45, 7) is 0. The second-order valence-corrected chi connectivity index (χ2v) is 12.0. The maximum Gasteiger partial charge on any atom is -0.0256 e. The molecule has 0 heterocycles. The maximum atomic E-state index is 2.16. The smallest absolute Gasteiger partial charge is 0.0256 e. The first-order valence-corrected chi connectivity index (χ1v) is 16.4. The molecule has 0 N–H and O–H groups in total. The van der Waals surface area contributed by atoms with E-state index in [1.54, 1.807) is 0 Å². The average Bonchev–Trinajstić information content (AvgIpc) is 3.15. The van der Waals surface area contributed by atoms with Crippen molar-refractivity contribution in [2.75, 3.05) is 0 Å². The van der Waals surface area contributed by atoms with Crippen molar-refractivity contribution in [1.29, 1.82) is 0 Å². The van der Waals surface area contributed by atoms with Gasteiger partial charge in [-0.25, -0.2) is 0 Å². The second-order valence-electron chi connectivity index (χ2n) is 12.0. The predicted octanol–water partition coefficient (Wildman–Crippen LogP) is 13.0. The van der Waals surface area contributed by atoms with Crippen molar-refractivity contribution in [2.45, 2.75) is 0 Å². The van der Waals surface area contributed by atoms with Crippen molar-refractivity contribution < 1.29 is 0 Å². The van der Waals surface area contributed by atoms with E-state index in [-0.39, 0.29) is 0 Å². The van der Waals surface area contributed by atoms with Crippen LogP contribution < -0.4 is 0 Å². The summed E-state index contributed by atoms with van der Waals surface area (Å²) in [4.78, 5) is 0. The van der Waals surface area contributed by atoms with Gasteiger partial charge in [-0.3, -0.25) is 0 Å². The molecule has 0 amide bonds. The first-order chi connectivity index (χ1) is 23.7. The van der Waals surface area contributed by atoms with Crippen LogP contribution in [0, 0.1) is 0 Å². The van der Waals surface area contributed by atoms with E-state index in [0.29, 0.717) is 0 Å². The fourth-order valence-electron chi connectivity index (χ4n) is 5.46. The standard InChI is InChI=1S/C48H36/c1-2-38-4-3-37(1)25-26-39-5-7-41(8-6-39)29-30-43-13-15-45(16-14-43)33-34-47-21-23-48(24-22-47)36-35-46-19-17-44(18-20-46)32-31-42-11-9-40(10-12-42)28-27-38/h1-36H/b26-25-,28-27-,30-29+,32-31+,34-33-,36-35-,37-25?,38-27?,39-26?,40-28?,41-29?,42-31?,43-30?,44-32?,45-33?,46-35?,47-34?,48-36?. The van der Waals surface area contributed by atoms with Crippen molar-refractivity contribution >= 4 is 72.9 Å². The van der Waals surface area contributed by atoms with E-state index in [2.05, 4.69) is 219 Å². The molecule has 0 heteroatoms. The van der Waals surface area contributed by atoms with Gasteiger partial charge in [0.15, 0.2) is 0 Å². The van der Waals surface area contributed by atoms with E-state index in [1.807, 2.05) is 0 Å². The van der Waals surface area contributed by atoms with Gasteiger partial charge < -0.3 is 0 Å². The van der Waals surface area contributed by atoms with Crippen LogP contribution in [0.25, 0.3) is 72.9 Å². The third kappa shape index (κ3) is 8.51. The van der Waals surface area contributed by atoms with Gasteiger partial charge in [-0.1, -0.05) is 219 Å². The van der Waals surface area contributed by atoms with E-state index >= 15 is 0 Å². The highest BCUT2D eigenvalue weighted by Crippen LogP contribution is 2.18. The average molecular weight is 613 g/mol. The van der Waals surface area contributed by atoms with Gasteiger partial charge in [-0.05, 0) is 66.8 Å². The lowest BCUT2D eigenvalue weighted by atomic mass is 10.1. The van der Waals surface area contributed by atoms with E-state index in [4.69, 9.17) is 0 Å². The maximum absolute atomic E-state index is 2.16. The molecule has 0 spiro atoms. The molecule has 0 fully saturated rings. The zero-order valence-electron chi connectivity index (χ0n) is 26.8. The first-order valence-electron chi connectivity index (χ1n) is 16.4. The Morgan fingerprint density at radius 3 is 0.229 bits per heavy atom. The molecule has 6 aromatic carbocycles. The summed E-state index contributed by atoms with van der Waals surface area (Å²) in [6.07, 6.45) is 26.0. The number of benzene rings is 6. The molecule has 10 aliphatic carbocycles. The largest absolute Gasteiger partial charge is 0.0544 e. The van der Waals surface area contributed by atoms with Gasteiger partial charge in [0.25, 0.3) is 0 Å². The van der Waals surface area contributed by atoms with Crippen LogP contribution in [0.3, 0.4) is 0 Å². The summed E-state index contributed by atoms with van der Waals surface area (Å²) in [5.41, 5.74) is 14.1. The molecule has 0 unspecified atom stereocenters. The van der Waals surface area contributed by atoms with Crippen molar-refractivity contribution in [3.63, 3.8) is 0 Å². The minimum absolute atomic E-state index is 1.18. The Kier molecular flexibility index (Phi) is 9.44. The molecule has 0 atom stereocenters. The Balaban J connectivity index is 1.12. The van der Waals surface area contributed by atoms with Gasteiger partial charge in [0.05, 0.1) is 0 Å². The Hall–Kier alpha value is -6.24. The van der Waals surface area contributed by atoms with Crippen LogP contribution in [0.4, 0.5) is 0 Å². The molecular weight excluding hydrogens is 577 g/mol. The normalized spacial score (nSPS) is 16.5. The summed E-state index contributed by atoms with van der Waals surface area (Å²) < 4.78 is 0. The lowest BCUT2D eigenvalue weighted by Crippen LogP contribution is -1.79. The molecule has 0 saturated heterocycles. The highest BCUT2D eigenvalue weighted by Gasteiger charge is 1.96. The molecule has 48 heavy (non-hydrogen) atoms. The molecule has 0 aliphatic heterocycles. The quantitative estimate of drug-likeness (QED) is 0.160. The lowest BCUT2D eigenvalue weighted by molar-refractivity contribution is 1.59. The van der Waals surface area contributed by atoms with E-state index < -0.39 is 0 Å². The highest BCUT2D eigenvalue weighted by atomic mass is 14.0. The van der Waals surface area contributed by atoms with Crippen molar-refractivity contribution in [2.24, 2.45) is 0 Å². The SMILES string of the molecule is C1=C\c2ccc(cc2)/C=C/c2ccc(cc2)/C=C\c2ccc(cc2)/C=C\c2ccc(cc2)/C=C/c2ccc(cc2)/C=C\c2ccc/1cc2. The second kappa shape index (κ2) is 14.9. The zero-order valence-corrected chi connectivity index (χ0v) is 26.8. The van der Waals surface area contributed by atoms with E-state index in [9.17, 15) is 0 Å². The van der Waals surface area contributed by atoms with Gasteiger partial charge in [0, 0.05) is 0 Å². The van der Waals surface area contributed by atoms with Gasteiger partial charge in [0.2, 0.25) is 0 Å². The molecule has 6 aromatic rings. The number of rotatable bonds is 0. The van der Waals surface area contributed by atoms with Crippen LogP contribution in [0.5, 0.6) is 0 Å². The van der Waals surface area contributed by atoms with Crippen LogP contribution in [0.1, 0.15) is 66.8 Å². The Morgan fingerprint density at radius 1 is 0.104 bits per heavy atom. The van der Waals surface area contributed by atoms with Gasteiger partial charge in [-0.2, -0.15) is 0 Å². The highest BCUT2D eigenvalue weighted by molar-refractivity contribution is 5.77. The molecule has 228 valence electrons. The summed E-state index contributed by atoms with van der Waals surface area (Å²) in [5, 5.41) is 0. The minimum atomic E-state index is 1.18. The molecular formula is C48H36. The third-order valence-corrected chi connectivity index (χ3v) is 8.43. The summed E-state index contributed by atoms with van der Waals surface area (Å²) in [5.74, 6) is 0. The van der Waals surface area contributed by atoms with Gasteiger partial charge in [-0.15, -0.1) is 0 Å². The van der Waals surface area contributed by atoms with Crippen LogP contribution in [0.2, 0.25) is 0 Å². The minimum Gasteiger partial charge on any atom is -0.0544 e. The summed E-state index contributed by atoms with van der Waals surface area (Å²) in [6, 6.07) is 51.9. The molecule has 0 radical (unpaired) electrons. The first kappa shape index (κ1) is 30.4. The molecule has 12 bridgehead atoms. The van der Waals surface area contributed by atoms with Crippen LogP contribution in [0.15, 0.2) is 146 Å². The molecule has 10 aliphatic rings. The van der Waals surface area contributed by atoms with Crippen molar-refractivity contribution in [1.82, 2.24) is 0 Å². The summed E-state index contributed by atoms with van der Waals surface area (Å²) in [7, 11) is 0. The fourth-order valence-corrected chi connectivity index (χ4v) is 5.46. The van der Waals surface area contributed by atoms with Crippen LogP contribution in [-0.4, -0.2) is 0 Å². The molecule has 0 nitrogen and oxygen atoms in total. The Bertz CT molecular complexity index is 1560. The van der Waals surface area contributed by atoms with Crippen molar-refractivity contribution in [3.8, 4) is 0 Å². The van der Waals surface area contributed by atoms with E-state index in [0.717, 1.165) is 0 Å². The van der Waals surface area contributed by atoms with Gasteiger partial charge >= 0.3 is 0 Å². The Labute approximate surface area is 284 Å². The molecule has 16 rings (SSSR count). The predicted molar refractivity (Wildman–Crippen MR) is 212 cm³/mol. The van der Waals surface area contributed by atoms with Crippen molar-refractivity contribution in [3.05, 3.63) is 212 Å². The van der Waals surface area contributed by atoms with Crippen LogP contribution in [-0.2, 0) is 0 Å². The zero-order chi connectivity index (χ0) is 32.4. The third-order valence-electron chi connectivity index (χ3n) is 8.43. The number of hydrogen-bond donors (Lipinski definition) is 0. The summed E-state index contributed by atoms with van der Waals surface area (Å²) >= 11 is 0. The topological polar surface area (TPSA) is 0 Å². The van der Waals surface area contributed by atoms with E-state index in [1.165, 1.54) is 66.8 Å². The lowest BCUT2D eigenvalue weighted by Gasteiger charge is -2.00. The molecule has 0 aromatic heterocycles. The molecule has 0 saturated carbocycles. The van der Waals surface area contributed by atoms with Gasteiger partial charge in [0.1, 0.15) is 0 Å². The number of hydrogen-bond acceptors (Lipinski definition) is 0. The fraction of sp³-hybridized carbons (Fsp3) is 0.